The van der Waals surface area contributed by atoms with Crippen molar-refractivity contribution in [3.63, 3.8) is 0 Å². The summed E-state index contributed by atoms with van der Waals surface area (Å²) in [7, 11) is 0. The van der Waals surface area contributed by atoms with E-state index < -0.39 is 12.6 Å². The lowest BCUT2D eigenvalue weighted by Crippen LogP contribution is -2.06. The summed E-state index contributed by atoms with van der Waals surface area (Å²) in [5.41, 5.74) is 2.23. The number of halogens is 1. The van der Waals surface area contributed by atoms with Crippen LogP contribution in [0.5, 0.6) is 5.75 Å². The van der Waals surface area contributed by atoms with E-state index in [1.54, 1.807) is 36.4 Å². The van der Waals surface area contributed by atoms with E-state index in [2.05, 4.69) is 16.2 Å². The summed E-state index contributed by atoms with van der Waals surface area (Å²) >= 11 is 0. The van der Waals surface area contributed by atoms with Gasteiger partial charge in [0.15, 0.2) is 0 Å². The lowest BCUT2D eigenvalue weighted by molar-refractivity contribution is -0.136. The van der Waals surface area contributed by atoms with Gasteiger partial charge in [-0.25, -0.2) is 4.39 Å². The highest BCUT2D eigenvalue weighted by Gasteiger charge is 2.18. The monoisotopic (exact) mass is 409 g/mol. The van der Waals surface area contributed by atoms with Crippen molar-refractivity contribution in [2.45, 2.75) is 39.5 Å². The number of hydrogen-bond acceptors (Lipinski definition) is 6. The number of carbonyl (C=O) groups is 1. The van der Waals surface area contributed by atoms with Crippen LogP contribution in [0.2, 0.25) is 0 Å². The summed E-state index contributed by atoms with van der Waals surface area (Å²) in [6.07, 6.45) is 0.0246. The predicted octanol–water partition coefficient (Wildman–Crippen LogP) is 4.55. The number of hydrogen-bond donors (Lipinski definition) is 1. The van der Waals surface area contributed by atoms with Crippen LogP contribution in [0.3, 0.4) is 0 Å². The largest absolute Gasteiger partial charge is 0.490 e. The number of aromatic nitrogens is 2. The second kappa shape index (κ2) is 9.18. The van der Waals surface area contributed by atoms with Gasteiger partial charge in [0.25, 0.3) is 5.89 Å². The van der Waals surface area contributed by atoms with Gasteiger partial charge in [-0.05, 0) is 49.6 Å². The number of aryl methyl sites for hydroxylation is 1. The highest BCUT2D eigenvalue weighted by atomic mass is 19.1. The Morgan fingerprint density at radius 2 is 2.13 bits per heavy atom. The zero-order valence-corrected chi connectivity index (χ0v) is 16.6. The van der Waals surface area contributed by atoms with Crippen LogP contribution in [0.1, 0.15) is 37.0 Å². The third-order valence-electron chi connectivity index (χ3n) is 4.39. The second-order valence-electron chi connectivity index (χ2n) is 6.88. The van der Waals surface area contributed by atoms with Gasteiger partial charge >= 0.3 is 5.97 Å². The Labute approximate surface area is 172 Å². The molecule has 8 heteroatoms. The van der Waals surface area contributed by atoms with Crippen molar-refractivity contribution < 1.29 is 23.6 Å². The van der Waals surface area contributed by atoms with E-state index in [1.165, 1.54) is 0 Å². The normalized spacial score (nSPS) is 10.8. The first-order valence-electron chi connectivity index (χ1n) is 9.36. The first-order valence-corrected chi connectivity index (χ1v) is 9.36. The van der Waals surface area contributed by atoms with E-state index in [1.807, 2.05) is 13.8 Å². The Hall–Kier alpha value is -3.73. The fraction of sp³-hybridized carbons (Fsp3) is 0.273. The summed E-state index contributed by atoms with van der Waals surface area (Å²) in [6, 6.07) is 12.1. The molecule has 0 aliphatic heterocycles. The number of alkyl halides is 1. The maximum Gasteiger partial charge on any atom is 0.303 e. The van der Waals surface area contributed by atoms with E-state index in [0.29, 0.717) is 33.6 Å². The number of benzene rings is 2. The van der Waals surface area contributed by atoms with Crippen LogP contribution in [-0.4, -0.2) is 27.3 Å². The molecule has 1 heterocycles. The van der Waals surface area contributed by atoms with Gasteiger partial charge < -0.3 is 14.4 Å². The number of aliphatic carboxylic acids is 1. The zero-order valence-electron chi connectivity index (χ0n) is 16.6. The smallest absolute Gasteiger partial charge is 0.303 e. The predicted molar refractivity (Wildman–Crippen MR) is 106 cm³/mol. The molecule has 0 spiro atoms. The highest BCUT2D eigenvalue weighted by Crippen LogP contribution is 2.30. The molecule has 7 nitrogen and oxygen atoms in total. The first-order chi connectivity index (χ1) is 14.4. The third-order valence-corrected chi connectivity index (χ3v) is 4.39. The SMILES string of the molecule is CC(C)Oc1ccc(-c2nc(-c3cccc(CCC(=O)O)c3CF)no2)cc1C#N. The van der Waals surface area contributed by atoms with Crippen LogP contribution in [0, 0.1) is 11.3 Å². The molecule has 3 rings (SSSR count). The summed E-state index contributed by atoms with van der Waals surface area (Å²) in [4.78, 5) is 15.2. The van der Waals surface area contributed by atoms with E-state index in [0.717, 1.165) is 0 Å². The number of carboxylic acids is 1. The fourth-order valence-electron chi connectivity index (χ4n) is 3.03. The molecule has 0 fully saturated rings. The molecule has 0 amide bonds. The topological polar surface area (TPSA) is 109 Å². The Bertz CT molecular complexity index is 1100. The Balaban J connectivity index is 1.94. The molecule has 0 unspecified atom stereocenters. The van der Waals surface area contributed by atoms with Crippen LogP contribution in [0.15, 0.2) is 40.9 Å². The maximum atomic E-state index is 13.7. The molecular formula is C22H20FN3O4. The highest BCUT2D eigenvalue weighted by molar-refractivity contribution is 5.69. The van der Waals surface area contributed by atoms with Crippen molar-refractivity contribution in [3.8, 4) is 34.7 Å². The van der Waals surface area contributed by atoms with Gasteiger partial charge in [0, 0.05) is 17.5 Å². The van der Waals surface area contributed by atoms with Gasteiger partial charge in [0.2, 0.25) is 5.82 Å². The van der Waals surface area contributed by atoms with Crippen LogP contribution >= 0.6 is 0 Å². The van der Waals surface area contributed by atoms with Crippen LogP contribution in [-0.2, 0) is 17.9 Å². The third kappa shape index (κ3) is 4.63. The van der Waals surface area contributed by atoms with Crippen molar-refractivity contribution >= 4 is 5.97 Å². The minimum absolute atomic E-state index is 0.0783. The average molecular weight is 409 g/mol. The minimum Gasteiger partial charge on any atom is -0.490 e. The molecule has 2 aromatic carbocycles. The van der Waals surface area contributed by atoms with Gasteiger partial charge in [-0.2, -0.15) is 10.2 Å². The van der Waals surface area contributed by atoms with E-state index >= 15 is 0 Å². The van der Waals surface area contributed by atoms with E-state index in [4.69, 9.17) is 14.4 Å². The van der Waals surface area contributed by atoms with Crippen molar-refractivity contribution in [1.29, 1.82) is 5.26 Å². The van der Waals surface area contributed by atoms with Gasteiger partial charge in [0.05, 0.1) is 11.7 Å². The fourth-order valence-corrected chi connectivity index (χ4v) is 3.03. The average Bonchev–Trinajstić information content (AvgIpc) is 3.21. The summed E-state index contributed by atoms with van der Waals surface area (Å²) in [5, 5.41) is 22.2. The molecule has 1 aromatic heterocycles. The molecule has 0 saturated heterocycles. The van der Waals surface area contributed by atoms with Gasteiger partial charge in [-0.15, -0.1) is 0 Å². The molecule has 3 aromatic rings. The van der Waals surface area contributed by atoms with Gasteiger partial charge in [0.1, 0.15) is 18.5 Å². The Morgan fingerprint density at radius 3 is 2.80 bits per heavy atom. The number of rotatable bonds is 8. The number of carboxylic acid groups (broad SMARTS) is 1. The summed E-state index contributed by atoms with van der Waals surface area (Å²) in [5.74, 6) is -0.124. The Morgan fingerprint density at radius 1 is 1.33 bits per heavy atom. The molecular weight excluding hydrogens is 389 g/mol. The molecule has 1 N–H and O–H groups in total. The standard InChI is InChI=1S/C22H20FN3O4/c1-13(2)29-19-8-6-15(10-16(19)12-24)22-25-21(26-30-22)17-5-3-4-14(18(17)11-23)7-9-20(27)28/h3-6,8,10,13H,7,9,11H2,1-2H3,(H,27,28). The molecule has 154 valence electrons. The van der Waals surface area contributed by atoms with Crippen LogP contribution < -0.4 is 4.74 Å². The zero-order chi connectivity index (χ0) is 21.7. The lowest BCUT2D eigenvalue weighted by Gasteiger charge is -2.11. The van der Waals surface area contributed by atoms with E-state index in [-0.39, 0.29) is 30.7 Å². The Kier molecular flexibility index (Phi) is 6.42. The molecule has 0 atom stereocenters. The van der Waals surface area contributed by atoms with Crippen LogP contribution in [0.25, 0.3) is 22.8 Å². The van der Waals surface area contributed by atoms with Gasteiger partial charge in [-0.3, -0.25) is 4.79 Å². The second-order valence-corrected chi connectivity index (χ2v) is 6.88. The van der Waals surface area contributed by atoms with Crippen molar-refractivity contribution in [1.82, 2.24) is 10.1 Å². The molecule has 0 saturated carbocycles. The van der Waals surface area contributed by atoms with Crippen molar-refractivity contribution in [2.24, 2.45) is 0 Å². The number of nitrogens with zero attached hydrogens (tertiary/aromatic N) is 3. The lowest BCUT2D eigenvalue weighted by atomic mass is 9.98. The molecule has 30 heavy (non-hydrogen) atoms. The molecule has 0 aliphatic carbocycles. The molecule has 0 bridgehead atoms. The van der Waals surface area contributed by atoms with Gasteiger partial charge in [-0.1, -0.05) is 23.4 Å². The van der Waals surface area contributed by atoms with Crippen LogP contribution in [0.4, 0.5) is 4.39 Å². The summed E-state index contributed by atoms with van der Waals surface area (Å²) < 4.78 is 24.7. The number of nitriles is 1. The minimum atomic E-state index is -0.953. The van der Waals surface area contributed by atoms with Crippen molar-refractivity contribution in [3.05, 3.63) is 53.1 Å². The molecule has 0 radical (unpaired) electrons. The first kappa shape index (κ1) is 21.0. The van der Waals surface area contributed by atoms with Crippen molar-refractivity contribution in [2.75, 3.05) is 0 Å². The number of ether oxygens (including phenoxy) is 1. The summed E-state index contributed by atoms with van der Waals surface area (Å²) in [6.45, 7) is 2.95. The molecule has 0 aliphatic rings. The quantitative estimate of drug-likeness (QED) is 0.581. The maximum absolute atomic E-state index is 13.7. The van der Waals surface area contributed by atoms with E-state index in [9.17, 15) is 14.4 Å².